The van der Waals surface area contributed by atoms with Gasteiger partial charge in [-0.25, -0.2) is 0 Å². The van der Waals surface area contributed by atoms with E-state index in [0.29, 0.717) is 19.3 Å². The first-order valence-corrected chi connectivity index (χ1v) is 5.92. The van der Waals surface area contributed by atoms with Crippen molar-refractivity contribution in [3.05, 3.63) is 10.1 Å². The van der Waals surface area contributed by atoms with E-state index in [9.17, 15) is 14.9 Å². The monoisotopic (exact) mass is 229 g/mol. The molecule has 92 valence electrons. The molecule has 5 heteroatoms. The maximum Gasteiger partial charge on any atom is 0.306 e. The van der Waals surface area contributed by atoms with Crippen molar-refractivity contribution < 1.29 is 14.8 Å². The molecule has 0 aromatic rings. The van der Waals surface area contributed by atoms with Gasteiger partial charge in [-0.3, -0.25) is 14.9 Å². The Kier molecular flexibility index (Phi) is 4.71. The number of hydrogen-bond donors (Lipinski definition) is 1. The highest BCUT2D eigenvalue weighted by Crippen LogP contribution is 2.33. The number of nitrogens with zero attached hydrogens (tertiary/aromatic N) is 1. The Morgan fingerprint density at radius 3 is 2.75 bits per heavy atom. The number of carbonyl (C=O) groups is 1. The maximum absolute atomic E-state index is 11.1. The van der Waals surface area contributed by atoms with Gasteiger partial charge < -0.3 is 5.11 Å². The Morgan fingerprint density at radius 1 is 1.56 bits per heavy atom. The summed E-state index contributed by atoms with van der Waals surface area (Å²) in [7, 11) is 0. The van der Waals surface area contributed by atoms with Gasteiger partial charge in [-0.15, -0.1) is 0 Å². The first-order valence-electron chi connectivity index (χ1n) is 5.92. The maximum atomic E-state index is 11.1. The Hall–Kier alpha value is -1.13. The topological polar surface area (TPSA) is 80.4 Å². The first-order chi connectivity index (χ1) is 7.56. The summed E-state index contributed by atoms with van der Waals surface area (Å²) < 4.78 is 0. The molecule has 3 unspecified atom stereocenters. The summed E-state index contributed by atoms with van der Waals surface area (Å²) in [5.41, 5.74) is 0. The molecule has 1 aliphatic rings. The van der Waals surface area contributed by atoms with E-state index in [0.717, 1.165) is 19.3 Å². The van der Waals surface area contributed by atoms with Gasteiger partial charge in [0.1, 0.15) is 0 Å². The zero-order valence-corrected chi connectivity index (χ0v) is 9.59. The summed E-state index contributed by atoms with van der Waals surface area (Å²) in [6, 6.07) is -0.530. The highest BCUT2D eigenvalue weighted by molar-refractivity contribution is 5.70. The van der Waals surface area contributed by atoms with E-state index in [1.807, 2.05) is 6.92 Å². The molecule has 1 N–H and O–H groups in total. The lowest BCUT2D eigenvalue weighted by molar-refractivity contribution is -0.528. The number of carboxylic acids is 1. The molecule has 0 aromatic heterocycles. The van der Waals surface area contributed by atoms with Crippen molar-refractivity contribution in [2.24, 2.45) is 11.8 Å². The second-order valence-electron chi connectivity index (χ2n) is 4.60. The van der Waals surface area contributed by atoms with Gasteiger partial charge >= 0.3 is 5.97 Å². The van der Waals surface area contributed by atoms with E-state index < -0.39 is 17.9 Å². The Bertz CT molecular complexity index is 267. The average molecular weight is 229 g/mol. The van der Waals surface area contributed by atoms with Crippen LogP contribution in [0.4, 0.5) is 0 Å². The molecule has 1 rings (SSSR count). The number of aliphatic carboxylic acids is 1. The predicted octanol–water partition coefficient (Wildman–Crippen LogP) is 2.32. The summed E-state index contributed by atoms with van der Waals surface area (Å²) >= 11 is 0. The molecule has 1 saturated carbocycles. The van der Waals surface area contributed by atoms with Crippen molar-refractivity contribution >= 4 is 5.97 Å². The highest BCUT2D eigenvalue weighted by Gasteiger charge is 2.36. The van der Waals surface area contributed by atoms with Crippen molar-refractivity contribution in [3.8, 4) is 0 Å². The van der Waals surface area contributed by atoms with Gasteiger partial charge in [0.05, 0.1) is 5.92 Å². The Labute approximate surface area is 95.0 Å². The molecule has 0 aliphatic heterocycles. The molecular formula is C11H19NO4. The smallest absolute Gasteiger partial charge is 0.306 e. The van der Waals surface area contributed by atoms with Crippen LogP contribution in [0, 0.1) is 22.0 Å². The Morgan fingerprint density at radius 2 is 2.25 bits per heavy atom. The lowest BCUT2D eigenvalue weighted by Gasteiger charge is -2.28. The van der Waals surface area contributed by atoms with Gasteiger partial charge in [0, 0.05) is 17.8 Å². The fourth-order valence-electron chi connectivity index (χ4n) is 2.63. The molecule has 0 heterocycles. The van der Waals surface area contributed by atoms with Crippen molar-refractivity contribution in [1.82, 2.24) is 0 Å². The molecule has 1 fully saturated rings. The molecule has 0 bridgehead atoms. The molecule has 0 spiro atoms. The molecule has 5 nitrogen and oxygen atoms in total. The fraction of sp³-hybridized carbons (Fsp3) is 0.909. The second kappa shape index (κ2) is 5.82. The van der Waals surface area contributed by atoms with Crippen LogP contribution in [0.25, 0.3) is 0 Å². The van der Waals surface area contributed by atoms with E-state index in [1.54, 1.807) is 0 Å². The van der Waals surface area contributed by atoms with Gasteiger partial charge in [0.2, 0.25) is 6.04 Å². The molecule has 1 aliphatic carbocycles. The summed E-state index contributed by atoms with van der Waals surface area (Å²) in [6.45, 7) is 1.95. The largest absolute Gasteiger partial charge is 0.481 e. The van der Waals surface area contributed by atoms with Crippen LogP contribution >= 0.6 is 0 Å². The van der Waals surface area contributed by atoms with Gasteiger partial charge in [-0.2, -0.15) is 0 Å². The third kappa shape index (κ3) is 3.18. The van der Waals surface area contributed by atoms with Crippen LogP contribution in [0.2, 0.25) is 0 Å². The summed E-state index contributed by atoms with van der Waals surface area (Å²) in [5.74, 6) is -1.20. The van der Waals surface area contributed by atoms with Crippen molar-refractivity contribution in [2.75, 3.05) is 0 Å². The number of carboxylic acid groups (broad SMARTS) is 1. The van der Waals surface area contributed by atoms with Gasteiger partial charge in [-0.05, 0) is 25.2 Å². The van der Waals surface area contributed by atoms with Crippen LogP contribution in [0.1, 0.15) is 45.4 Å². The van der Waals surface area contributed by atoms with Crippen LogP contribution in [-0.2, 0) is 4.79 Å². The number of rotatable bonds is 5. The summed E-state index contributed by atoms with van der Waals surface area (Å²) in [6.07, 6.45) is 4.08. The molecular weight excluding hydrogens is 210 g/mol. The lowest BCUT2D eigenvalue weighted by Crippen LogP contribution is -2.33. The fourth-order valence-corrected chi connectivity index (χ4v) is 2.63. The van der Waals surface area contributed by atoms with Crippen LogP contribution < -0.4 is 0 Å². The van der Waals surface area contributed by atoms with Crippen molar-refractivity contribution in [2.45, 2.75) is 51.5 Å². The van der Waals surface area contributed by atoms with E-state index in [2.05, 4.69) is 0 Å². The first kappa shape index (κ1) is 12.9. The quantitative estimate of drug-likeness (QED) is 0.579. The summed E-state index contributed by atoms with van der Waals surface area (Å²) in [5, 5.41) is 19.8. The van der Waals surface area contributed by atoms with Gasteiger partial charge in [0.25, 0.3) is 0 Å². The zero-order chi connectivity index (χ0) is 12.1. The molecule has 3 atom stereocenters. The van der Waals surface area contributed by atoms with Crippen LogP contribution in [-0.4, -0.2) is 22.0 Å². The Balaban J connectivity index is 2.62. The minimum atomic E-state index is -0.796. The molecule has 0 aromatic carbocycles. The number of nitro groups is 1. The molecule has 0 saturated heterocycles. The minimum Gasteiger partial charge on any atom is -0.481 e. The highest BCUT2D eigenvalue weighted by atomic mass is 16.6. The normalized spacial score (nSPS) is 27.3. The third-order valence-corrected chi connectivity index (χ3v) is 3.47. The molecule has 0 radical (unpaired) electrons. The average Bonchev–Trinajstić information content (AvgIpc) is 2.25. The molecule has 0 amide bonds. The van der Waals surface area contributed by atoms with Crippen LogP contribution in [0.3, 0.4) is 0 Å². The second-order valence-corrected chi connectivity index (χ2v) is 4.60. The van der Waals surface area contributed by atoms with Gasteiger partial charge in [-0.1, -0.05) is 13.3 Å². The number of hydrogen-bond acceptors (Lipinski definition) is 3. The van der Waals surface area contributed by atoms with Gasteiger partial charge in [0.15, 0.2) is 0 Å². The van der Waals surface area contributed by atoms with E-state index >= 15 is 0 Å². The van der Waals surface area contributed by atoms with Crippen LogP contribution in [0.5, 0.6) is 0 Å². The minimum absolute atomic E-state index is 0.0124. The third-order valence-electron chi connectivity index (χ3n) is 3.47. The van der Waals surface area contributed by atoms with Crippen molar-refractivity contribution in [3.63, 3.8) is 0 Å². The zero-order valence-electron chi connectivity index (χ0n) is 9.59. The van der Waals surface area contributed by atoms with E-state index in [4.69, 9.17) is 5.11 Å². The van der Waals surface area contributed by atoms with E-state index in [1.165, 1.54) is 0 Å². The standard InChI is InChI=1S/C11H19NO4/c1-2-4-10(11(13)14)8-5-3-6-9(7-8)12(15)16/h8-10H,2-7H2,1H3,(H,13,14). The van der Waals surface area contributed by atoms with E-state index in [-0.39, 0.29) is 10.8 Å². The lowest BCUT2D eigenvalue weighted by atomic mass is 9.76. The predicted molar refractivity (Wildman–Crippen MR) is 58.8 cm³/mol. The summed E-state index contributed by atoms with van der Waals surface area (Å²) in [4.78, 5) is 21.6. The SMILES string of the molecule is CCCC(C(=O)O)C1CCCC([N+](=O)[O-])C1. The molecule has 16 heavy (non-hydrogen) atoms. The van der Waals surface area contributed by atoms with Crippen LogP contribution in [0.15, 0.2) is 0 Å². The van der Waals surface area contributed by atoms with Crippen molar-refractivity contribution in [1.29, 1.82) is 0 Å².